The number of hydrogen-bond acceptors (Lipinski definition) is 3. The highest BCUT2D eigenvalue weighted by molar-refractivity contribution is 6.06. The van der Waals surface area contributed by atoms with Gasteiger partial charge in [0.25, 0.3) is 11.5 Å². The molecule has 0 bridgehead atoms. The Labute approximate surface area is 162 Å². The molecule has 0 fully saturated rings. The van der Waals surface area contributed by atoms with Crippen LogP contribution in [0.25, 0.3) is 10.9 Å². The maximum atomic E-state index is 13.1. The summed E-state index contributed by atoms with van der Waals surface area (Å²) in [7, 11) is 1.71. The van der Waals surface area contributed by atoms with Gasteiger partial charge in [-0.3, -0.25) is 14.3 Å². The van der Waals surface area contributed by atoms with E-state index in [0.29, 0.717) is 12.1 Å². The van der Waals surface area contributed by atoms with E-state index in [-0.39, 0.29) is 17.5 Å². The van der Waals surface area contributed by atoms with Crippen LogP contribution in [0.1, 0.15) is 22.0 Å². The van der Waals surface area contributed by atoms with Gasteiger partial charge in [0, 0.05) is 30.9 Å². The largest absolute Gasteiger partial charge is 0.343 e. The number of aryl methyl sites for hydroxylation is 1. The van der Waals surface area contributed by atoms with E-state index in [1.807, 2.05) is 66.9 Å². The van der Waals surface area contributed by atoms with E-state index in [1.54, 1.807) is 22.5 Å². The fraction of sp³-hybridized carbons (Fsp3) is 0.136. The number of hydrogen-bond donors (Lipinski definition) is 1. The number of carbonyl (C=O) groups is 1. The van der Waals surface area contributed by atoms with Gasteiger partial charge in [-0.2, -0.15) is 5.10 Å². The Morgan fingerprint density at radius 1 is 1.07 bits per heavy atom. The Morgan fingerprint density at radius 3 is 2.57 bits per heavy atom. The molecule has 1 unspecified atom stereocenters. The molecule has 4 aromatic rings. The van der Waals surface area contributed by atoms with E-state index in [4.69, 9.17) is 0 Å². The molecule has 6 nitrogen and oxygen atoms in total. The number of rotatable bonds is 5. The number of carbonyl (C=O) groups excluding carboxylic acids is 1. The van der Waals surface area contributed by atoms with Crippen molar-refractivity contribution < 1.29 is 4.79 Å². The van der Waals surface area contributed by atoms with Crippen LogP contribution in [-0.4, -0.2) is 20.3 Å². The van der Waals surface area contributed by atoms with Gasteiger partial charge < -0.3 is 9.88 Å². The van der Waals surface area contributed by atoms with Crippen LogP contribution >= 0.6 is 0 Å². The van der Waals surface area contributed by atoms with Crippen molar-refractivity contribution in [3.8, 4) is 0 Å². The van der Waals surface area contributed by atoms with Gasteiger partial charge in [0.1, 0.15) is 0 Å². The maximum absolute atomic E-state index is 13.1. The molecule has 140 valence electrons. The lowest BCUT2D eigenvalue weighted by Crippen LogP contribution is -2.33. The Kier molecular flexibility index (Phi) is 4.76. The molecule has 0 aliphatic heterocycles. The predicted molar refractivity (Wildman–Crippen MR) is 108 cm³/mol. The van der Waals surface area contributed by atoms with Crippen LogP contribution in [0.5, 0.6) is 0 Å². The standard InChI is InChI=1S/C22H20N4O2/c1-25-20-11-6-5-10-17(20)18(14-21(25)27)22(28)24-19(15-26-13-7-12-23-26)16-8-3-2-4-9-16/h2-14,19H,15H2,1H3,(H,24,28). The second-order valence-corrected chi connectivity index (χ2v) is 6.64. The molecule has 2 heterocycles. The lowest BCUT2D eigenvalue weighted by atomic mass is 10.0. The quantitative estimate of drug-likeness (QED) is 0.586. The first-order chi connectivity index (χ1) is 13.6. The van der Waals surface area contributed by atoms with Gasteiger partial charge in [-0.1, -0.05) is 48.5 Å². The first kappa shape index (κ1) is 17.7. The van der Waals surface area contributed by atoms with Crippen molar-refractivity contribution in [2.45, 2.75) is 12.6 Å². The minimum atomic E-state index is -0.282. The topological polar surface area (TPSA) is 68.9 Å². The van der Waals surface area contributed by atoms with Crippen molar-refractivity contribution >= 4 is 16.8 Å². The van der Waals surface area contributed by atoms with Crippen molar-refractivity contribution in [1.82, 2.24) is 19.7 Å². The summed E-state index contributed by atoms with van der Waals surface area (Å²) < 4.78 is 3.32. The van der Waals surface area contributed by atoms with Crippen LogP contribution in [-0.2, 0) is 13.6 Å². The van der Waals surface area contributed by atoms with Gasteiger partial charge in [0.2, 0.25) is 0 Å². The molecule has 1 amide bonds. The molecule has 4 rings (SSSR count). The highest BCUT2D eigenvalue weighted by Crippen LogP contribution is 2.19. The lowest BCUT2D eigenvalue weighted by molar-refractivity contribution is 0.0933. The minimum Gasteiger partial charge on any atom is -0.343 e. The molecule has 2 aromatic carbocycles. The van der Waals surface area contributed by atoms with Crippen molar-refractivity contribution in [3.63, 3.8) is 0 Å². The van der Waals surface area contributed by atoms with E-state index in [0.717, 1.165) is 16.5 Å². The summed E-state index contributed by atoms with van der Waals surface area (Å²) in [6.45, 7) is 0.492. The van der Waals surface area contributed by atoms with E-state index in [2.05, 4.69) is 10.4 Å². The van der Waals surface area contributed by atoms with Crippen LogP contribution in [0.3, 0.4) is 0 Å². The SMILES string of the molecule is Cn1c(=O)cc(C(=O)NC(Cn2cccn2)c2ccccc2)c2ccccc21. The van der Waals surface area contributed by atoms with Crippen LogP contribution in [0.15, 0.2) is 83.9 Å². The Morgan fingerprint density at radius 2 is 1.82 bits per heavy atom. The smallest absolute Gasteiger partial charge is 0.252 e. The van der Waals surface area contributed by atoms with Crippen LogP contribution in [0.4, 0.5) is 0 Å². The number of aromatic nitrogens is 3. The Bertz CT molecular complexity index is 1160. The minimum absolute atomic E-state index is 0.216. The molecule has 1 atom stereocenters. The molecule has 28 heavy (non-hydrogen) atoms. The summed E-state index contributed by atoms with van der Waals surface area (Å²) in [4.78, 5) is 25.5. The molecule has 1 N–H and O–H groups in total. The van der Waals surface area contributed by atoms with Gasteiger partial charge in [-0.05, 0) is 17.7 Å². The molecule has 6 heteroatoms. The molecule has 0 saturated heterocycles. The second kappa shape index (κ2) is 7.52. The molecule has 0 aliphatic rings. The van der Waals surface area contributed by atoms with E-state index in [1.165, 1.54) is 6.07 Å². The molecule has 0 saturated carbocycles. The molecular weight excluding hydrogens is 352 g/mol. The maximum Gasteiger partial charge on any atom is 0.252 e. The van der Waals surface area contributed by atoms with Crippen molar-refractivity contribution in [2.24, 2.45) is 7.05 Å². The van der Waals surface area contributed by atoms with Crippen LogP contribution in [0, 0.1) is 0 Å². The van der Waals surface area contributed by atoms with E-state index >= 15 is 0 Å². The molecule has 0 spiro atoms. The summed E-state index contributed by atoms with van der Waals surface area (Å²) in [5.41, 5.74) is 1.86. The summed E-state index contributed by atoms with van der Waals surface area (Å²) in [6, 6.07) is 20.1. The first-order valence-electron chi connectivity index (χ1n) is 9.05. The Hall–Kier alpha value is -3.67. The summed E-state index contributed by atoms with van der Waals surface area (Å²) >= 11 is 0. The summed E-state index contributed by atoms with van der Waals surface area (Å²) in [5, 5.41) is 8.07. The van der Waals surface area contributed by atoms with Gasteiger partial charge in [0.15, 0.2) is 0 Å². The fourth-order valence-electron chi connectivity index (χ4n) is 3.35. The number of nitrogens with one attached hydrogen (secondary N) is 1. The van der Waals surface area contributed by atoms with Gasteiger partial charge in [0.05, 0.1) is 23.7 Å². The highest BCUT2D eigenvalue weighted by atomic mass is 16.2. The number of fused-ring (bicyclic) bond motifs is 1. The Balaban J connectivity index is 1.71. The number of nitrogens with zero attached hydrogens (tertiary/aromatic N) is 3. The molecular formula is C22H20N4O2. The highest BCUT2D eigenvalue weighted by Gasteiger charge is 2.19. The van der Waals surface area contributed by atoms with Crippen LogP contribution < -0.4 is 10.9 Å². The number of pyridine rings is 1. The summed E-state index contributed by atoms with van der Waals surface area (Å²) in [5.74, 6) is -0.282. The number of benzene rings is 2. The zero-order valence-corrected chi connectivity index (χ0v) is 15.4. The van der Waals surface area contributed by atoms with Crippen LogP contribution in [0.2, 0.25) is 0 Å². The average Bonchev–Trinajstić information content (AvgIpc) is 3.24. The second-order valence-electron chi connectivity index (χ2n) is 6.64. The predicted octanol–water partition coefficient (Wildman–Crippen LogP) is 2.91. The lowest BCUT2D eigenvalue weighted by Gasteiger charge is -2.20. The van der Waals surface area contributed by atoms with Crippen molar-refractivity contribution in [1.29, 1.82) is 0 Å². The van der Waals surface area contributed by atoms with Gasteiger partial charge >= 0.3 is 0 Å². The zero-order chi connectivity index (χ0) is 19.5. The monoisotopic (exact) mass is 372 g/mol. The van der Waals surface area contributed by atoms with Crippen molar-refractivity contribution in [2.75, 3.05) is 0 Å². The average molecular weight is 372 g/mol. The fourth-order valence-corrected chi connectivity index (χ4v) is 3.35. The third-order valence-electron chi connectivity index (χ3n) is 4.83. The first-order valence-corrected chi connectivity index (χ1v) is 9.05. The van der Waals surface area contributed by atoms with Crippen molar-refractivity contribution in [3.05, 3.63) is 101 Å². The molecule has 0 aliphatic carbocycles. The number of amides is 1. The molecule has 2 aromatic heterocycles. The van der Waals surface area contributed by atoms with Gasteiger partial charge in [-0.25, -0.2) is 0 Å². The van der Waals surface area contributed by atoms with E-state index < -0.39 is 0 Å². The normalized spacial score (nSPS) is 12.0. The summed E-state index contributed by atoms with van der Waals surface area (Å²) in [6.07, 6.45) is 3.56. The van der Waals surface area contributed by atoms with Gasteiger partial charge in [-0.15, -0.1) is 0 Å². The zero-order valence-electron chi connectivity index (χ0n) is 15.4. The van der Waals surface area contributed by atoms with E-state index in [9.17, 15) is 9.59 Å². The third-order valence-corrected chi connectivity index (χ3v) is 4.83. The molecule has 0 radical (unpaired) electrons. The number of para-hydroxylation sites is 1. The third kappa shape index (κ3) is 3.44.